The molecule has 2 amide bonds. The summed E-state index contributed by atoms with van der Waals surface area (Å²) in [5.41, 5.74) is 2.39. The van der Waals surface area contributed by atoms with Crippen LogP contribution in [0, 0.1) is 6.92 Å². The van der Waals surface area contributed by atoms with E-state index in [2.05, 4.69) is 30.5 Å². The lowest BCUT2D eigenvalue weighted by molar-refractivity contribution is -0.120. The van der Waals surface area contributed by atoms with Gasteiger partial charge in [0.25, 0.3) is 5.91 Å². The minimum Gasteiger partial charge on any atom is -0.354 e. The lowest BCUT2D eigenvalue weighted by Gasteiger charge is -2.26. The van der Waals surface area contributed by atoms with Gasteiger partial charge < -0.3 is 10.6 Å². The number of halogens is 2. The molecule has 2 N–H and O–H groups in total. The molecule has 0 saturated heterocycles. The van der Waals surface area contributed by atoms with Gasteiger partial charge in [-0.1, -0.05) is 66.9 Å². The van der Waals surface area contributed by atoms with Crippen LogP contribution in [-0.4, -0.2) is 24.9 Å². The van der Waals surface area contributed by atoms with Gasteiger partial charge >= 0.3 is 0 Å². The minimum absolute atomic E-state index is 0.123. The average molecular weight is 393 g/mol. The van der Waals surface area contributed by atoms with E-state index >= 15 is 0 Å². The summed E-state index contributed by atoms with van der Waals surface area (Å²) in [7, 11) is 0. The summed E-state index contributed by atoms with van der Waals surface area (Å²) < 4.78 is 0. The summed E-state index contributed by atoms with van der Waals surface area (Å²) in [5.74, 6) is -0.677. The second-order valence-electron chi connectivity index (χ2n) is 6.84. The summed E-state index contributed by atoms with van der Waals surface area (Å²) >= 11 is 11.8. The van der Waals surface area contributed by atoms with Crippen molar-refractivity contribution < 1.29 is 9.59 Å². The smallest absolute Gasteiger partial charge is 0.253 e. The van der Waals surface area contributed by atoms with E-state index in [0.29, 0.717) is 11.6 Å². The Morgan fingerprint density at radius 1 is 1.04 bits per heavy atom. The normalized spacial score (nSPS) is 11.1. The summed E-state index contributed by atoms with van der Waals surface area (Å²) in [6.45, 7) is 6.51. The van der Waals surface area contributed by atoms with Gasteiger partial charge in [-0.2, -0.15) is 0 Å². The van der Waals surface area contributed by atoms with Gasteiger partial charge in [0, 0.05) is 17.0 Å². The Bertz CT molecular complexity index is 819. The van der Waals surface area contributed by atoms with Crippen LogP contribution in [0.15, 0.2) is 42.5 Å². The SMILES string of the molecule is Cc1cccc(C(C)(C)CNC(=O)CNC(=O)c2ccc(Cl)cc2Cl)c1. The Hall–Kier alpha value is -2.04. The number of benzene rings is 2. The third kappa shape index (κ3) is 5.48. The quantitative estimate of drug-likeness (QED) is 0.776. The van der Waals surface area contributed by atoms with Crippen LogP contribution in [0.2, 0.25) is 10.0 Å². The topological polar surface area (TPSA) is 58.2 Å². The third-order valence-electron chi connectivity index (χ3n) is 4.11. The highest BCUT2D eigenvalue weighted by molar-refractivity contribution is 6.36. The molecule has 0 fully saturated rings. The van der Waals surface area contributed by atoms with Gasteiger partial charge in [0.05, 0.1) is 17.1 Å². The van der Waals surface area contributed by atoms with E-state index in [-0.39, 0.29) is 28.5 Å². The van der Waals surface area contributed by atoms with Crippen molar-refractivity contribution in [3.63, 3.8) is 0 Å². The van der Waals surface area contributed by atoms with Crippen molar-refractivity contribution >= 4 is 35.0 Å². The number of carbonyl (C=O) groups excluding carboxylic acids is 2. The highest BCUT2D eigenvalue weighted by atomic mass is 35.5. The molecule has 0 radical (unpaired) electrons. The second kappa shape index (κ2) is 8.56. The van der Waals surface area contributed by atoms with E-state index < -0.39 is 5.91 Å². The van der Waals surface area contributed by atoms with Crippen molar-refractivity contribution in [1.82, 2.24) is 10.6 Å². The molecule has 4 nitrogen and oxygen atoms in total. The zero-order valence-electron chi connectivity index (χ0n) is 15.0. The molecule has 138 valence electrons. The Kier molecular flexibility index (Phi) is 6.68. The summed E-state index contributed by atoms with van der Waals surface area (Å²) in [6, 6.07) is 12.8. The van der Waals surface area contributed by atoms with Crippen LogP contribution in [0.3, 0.4) is 0 Å². The van der Waals surface area contributed by atoms with Gasteiger partial charge in [0.1, 0.15) is 0 Å². The monoisotopic (exact) mass is 392 g/mol. The first-order valence-electron chi connectivity index (χ1n) is 8.26. The van der Waals surface area contributed by atoms with E-state index in [1.807, 2.05) is 25.1 Å². The maximum absolute atomic E-state index is 12.1. The lowest BCUT2D eigenvalue weighted by atomic mass is 9.84. The van der Waals surface area contributed by atoms with Crippen LogP contribution >= 0.6 is 23.2 Å². The van der Waals surface area contributed by atoms with Crippen LogP contribution < -0.4 is 10.6 Å². The molecule has 0 atom stereocenters. The van der Waals surface area contributed by atoms with Gasteiger partial charge in [0.2, 0.25) is 5.91 Å². The molecular formula is C20H22Cl2N2O2. The van der Waals surface area contributed by atoms with Gasteiger partial charge in [-0.05, 0) is 30.7 Å². The fraction of sp³-hybridized carbons (Fsp3) is 0.300. The van der Waals surface area contributed by atoms with E-state index in [9.17, 15) is 9.59 Å². The zero-order chi connectivity index (χ0) is 19.3. The van der Waals surface area contributed by atoms with Gasteiger partial charge in [-0.15, -0.1) is 0 Å². The van der Waals surface area contributed by atoms with E-state index in [4.69, 9.17) is 23.2 Å². The largest absolute Gasteiger partial charge is 0.354 e. The second-order valence-corrected chi connectivity index (χ2v) is 7.68. The molecule has 0 heterocycles. The highest BCUT2D eigenvalue weighted by Crippen LogP contribution is 2.23. The van der Waals surface area contributed by atoms with Crippen LogP contribution in [0.5, 0.6) is 0 Å². The van der Waals surface area contributed by atoms with Gasteiger partial charge in [-0.3, -0.25) is 9.59 Å². The molecule has 0 aliphatic heterocycles. The van der Waals surface area contributed by atoms with Crippen molar-refractivity contribution in [2.75, 3.05) is 13.1 Å². The highest BCUT2D eigenvalue weighted by Gasteiger charge is 2.21. The Balaban J connectivity index is 1.87. The van der Waals surface area contributed by atoms with Crippen molar-refractivity contribution in [3.05, 3.63) is 69.2 Å². The minimum atomic E-state index is -0.417. The molecule has 2 aromatic rings. The Morgan fingerprint density at radius 3 is 2.42 bits per heavy atom. The third-order valence-corrected chi connectivity index (χ3v) is 4.66. The molecule has 0 bridgehead atoms. The van der Waals surface area contributed by atoms with Crippen molar-refractivity contribution in [2.24, 2.45) is 0 Å². The number of aryl methyl sites for hydroxylation is 1. The number of hydrogen-bond donors (Lipinski definition) is 2. The molecule has 2 aromatic carbocycles. The zero-order valence-corrected chi connectivity index (χ0v) is 16.5. The molecule has 0 aliphatic carbocycles. The number of rotatable bonds is 6. The Morgan fingerprint density at radius 2 is 1.77 bits per heavy atom. The predicted octanol–water partition coefficient (Wildman–Crippen LogP) is 4.13. The first-order chi connectivity index (χ1) is 12.2. The number of nitrogens with one attached hydrogen (secondary N) is 2. The van der Waals surface area contributed by atoms with Crippen molar-refractivity contribution in [2.45, 2.75) is 26.2 Å². The molecule has 0 aliphatic rings. The fourth-order valence-electron chi connectivity index (χ4n) is 2.48. The summed E-state index contributed by atoms with van der Waals surface area (Å²) in [6.07, 6.45) is 0. The maximum atomic E-state index is 12.1. The number of hydrogen-bond acceptors (Lipinski definition) is 2. The van der Waals surface area contributed by atoms with E-state index in [1.165, 1.54) is 17.7 Å². The standard InChI is InChI=1S/C20H22Cl2N2O2/c1-13-5-4-6-14(9-13)20(2,3)12-24-18(25)11-23-19(26)16-8-7-15(21)10-17(16)22/h4-10H,11-12H2,1-3H3,(H,23,26)(H,24,25). The van der Waals surface area contributed by atoms with Crippen molar-refractivity contribution in [3.8, 4) is 0 Å². The first-order valence-corrected chi connectivity index (χ1v) is 9.02. The lowest BCUT2D eigenvalue weighted by Crippen LogP contribution is -2.42. The summed E-state index contributed by atoms with van der Waals surface area (Å²) in [5, 5.41) is 6.12. The van der Waals surface area contributed by atoms with Gasteiger partial charge in [-0.25, -0.2) is 0 Å². The molecule has 0 spiro atoms. The molecule has 6 heteroatoms. The maximum Gasteiger partial charge on any atom is 0.253 e. The van der Waals surface area contributed by atoms with E-state index in [1.54, 1.807) is 6.07 Å². The fourth-order valence-corrected chi connectivity index (χ4v) is 2.97. The van der Waals surface area contributed by atoms with Crippen LogP contribution in [-0.2, 0) is 10.2 Å². The van der Waals surface area contributed by atoms with Crippen LogP contribution in [0.1, 0.15) is 35.3 Å². The number of carbonyl (C=O) groups is 2. The molecule has 0 saturated carbocycles. The average Bonchev–Trinajstić information content (AvgIpc) is 2.58. The number of amides is 2. The van der Waals surface area contributed by atoms with Crippen molar-refractivity contribution in [1.29, 1.82) is 0 Å². The van der Waals surface area contributed by atoms with Crippen LogP contribution in [0.4, 0.5) is 0 Å². The molecule has 2 rings (SSSR count). The van der Waals surface area contributed by atoms with Crippen LogP contribution in [0.25, 0.3) is 0 Å². The molecule has 26 heavy (non-hydrogen) atoms. The van der Waals surface area contributed by atoms with Gasteiger partial charge in [0.15, 0.2) is 0 Å². The molecule has 0 aromatic heterocycles. The first kappa shape index (κ1) is 20.3. The molecule has 0 unspecified atom stereocenters. The summed E-state index contributed by atoms with van der Waals surface area (Å²) in [4.78, 5) is 24.2. The van der Waals surface area contributed by atoms with E-state index in [0.717, 1.165) is 5.56 Å². The molecular weight excluding hydrogens is 371 g/mol. The predicted molar refractivity (Wildman–Crippen MR) is 106 cm³/mol. The Labute approximate surface area is 163 Å².